The number of benzene rings is 1. The van der Waals surface area contributed by atoms with E-state index in [0.29, 0.717) is 40.7 Å². The summed E-state index contributed by atoms with van der Waals surface area (Å²) < 4.78 is 3.01. The van der Waals surface area contributed by atoms with Gasteiger partial charge in [-0.1, -0.05) is 21.9 Å². The number of nitrogens with zero attached hydrogens (tertiary/aromatic N) is 5. The number of halogens is 1. The summed E-state index contributed by atoms with van der Waals surface area (Å²) in [6.07, 6.45) is 4.13. The van der Waals surface area contributed by atoms with Gasteiger partial charge < -0.3 is 10.4 Å². The highest BCUT2D eigenvalue weighted by molar-refractivity contribution is 9.10. The van der Waals surface area contributed by atoms with Gasteiger partial charge in [-0.15, -0.1) is 0 Å². The number of imidazole rings is 1. The van der Waals surface area contributed by atoms with Crippen molar-refractivity contribution in [1.29, 1.82) is 0 Å². The third-order valence-electron chi connectivity index (χ3n) is 5.36. The first kappa shape index (κ1) is 20.3. The molecule has 1 aliphatic rings. The number of rotatable bonds is 0. The van der Waals surface area contributed by atoms with Crippen molar-refractivity contribution >= 4 is 38.8 Å². The zero-order valence-electron chi connectivity index (χ0n) is 17.4. The van der Waals surface area contributed by atoms with Crippen LogP contribution in [-0.2, 0) is 6.54 Å². The summed E-state index contributed by atoms with van der Waals surface area (Å²) >= 11 is 3.53. The first-order chi connectivity index (χ1) is 15.5. The highest BCUT2D eigenvalue weighted by atomic mass is 79.9. The first-order valence-electron chi connectivity index (χ1n) is 10.3. The highest BCUT2D eigenvalue weighted by Gasteiger charge is 2.18. The number of carbonyl (C=O) groups is 1. The minimum Gasteiger partial charge on any atom is -0.322 e. The van der Waals surface area contributed by atoms with Crippen LogP contribution in [0.15, 0.2) is 41.0 Å². The topological polar surface area (TPSA) is 104 Å². The number of aryl methyl sites for hydroxylation is 2. The van der Waals surface area contributed by atoms with Crippen molar-refractivity contribution in [2.75, 3.05) is 11.2 Å². The maximum absolute atomic E-state index is 13.2. The molecule has 1 amide bonds. The van der Waals surface area contributed by atoms with E-state index in [9.17, 15) is 4.79 Å². The number of nitrogen functional groups attached to an aromatic ring is 1. The SMILES string of the molecule is Cc1cc2cc(n1)-c1cnn(N)c1C#CCCCCn1c(nc3ccc(Br)cc31)NC2=O. The van der Waals surface area contributed by atoms with Gasteiger partial charge in [0, 0.05) is 28.7 Å². The van der Waals surface area contributed by atoms with Gasteiger partial charge in [0.1, 0.15) is 5.69 Å². The molecular weight excluding hydrogens is 470 g/mol. The Bertz CT molecular complexity index is 1420. The van der Waals surface area contributed by atoms with E-state index >= 15 is 0 Å². The van der Waals surface area contributed by atoms with Crippen LogP contribution in [0.3, 0.4) is 0 Å². The molecule has 160 valence electrons. The molecule has 0 spiro atoms. The highest BCUT2D eigenvalue weighted by Crippen LogP contribution is 2.26. The van der Waals surface area contributed by atoms with Crippen LogP contribution in [0.4, 0.5) is 5.95 Å². The van der Waals surface area contributed by atoms with Gasteiger partial charge in [-0.2, -0.15) is 9.89 Å². The smallest absolute Gasteiger partial charge is 0.258 e. The molecule has 3 aromatic heterocycles. The van der Waals surface area contributed by atoms with Gasteiger partial charge in [0.05, 0.1) is 28.5 Å². The van der Waals surface area contributed by atoms with E-state index in [0.717, 1.165) is 34.8 Å². The Kier molecular flexibility index (Phi) is 5.15. The molecule has 2 bridgehead atoms. The molecular formula is C23H20BrN7O. The fourth-order valence-electron chi connectivity index (χ4n) is 3.83. The Morgan fingerprint density at radius 2 is 2.06 bits per heavy atom. The van der Waals surface area contributed by atoms with Gasteiger partial charge in [0.15, 0.2) is 0 Å². The maximum Gasteiger partial charge on any atom is 0.258 e. The molecule has 0 saturated heterocycles. The summed E-state index contributed by atoms with van der Waals surface area (Å²) in [6, 6.07) is 9.38. The van der Waals surface area contributed by atoms with Crippen LogP contribution in [0.2, 0.25) is 0 Å². The molecule has 1 aliphatic heterocycles. The summed E-state index contributed by atoms with van der Waals surface area (Å²) in [5.74, 6) is 12.6. The van der Waals surface area contributed by atoms with E-state index in [-0.39, 0.29) is 5.91 Å². The Morgan fingerprint density at radius 1 is 1.19 bits per heavy atom. The maximum atomic E-state index is 13.2. The summed E-state index contributed by atoms with van der Waals surface area (Å²) in [6.45, 7) is 2.56. The molecule has 0 saturated carbocycles. The van der Waals surface area contributed by atoms with Crippen molar-refractivity contribution in [2.24, 2.45) is 0 Å². The van der Waals surface area contributed by atoms with Crippen molar-refractivity contribution in [1.82, 2.24) is 24.4 Å². The lowest BCUT2D eigenvalue weighted by Gasteiger charge is -2.11. The largest absolute Gasteiger partial charge is 0.322 e. The van der Waals surface area contributed by atoms with Gasteiger partial charge in [-0.05, 0) is 56.0 Å². The number of anilines is 1. The Hall–Kier alpha value is -3.64. The van der Waals surface area contributed by atoms with Gasteiger partial charge in [-0.3, -0.25) is 15.1 Å². The van der Waals surface area contributed by atoms with E-state index in [1.807, 2.05) is 29.7 Å². The van der Waals surface area contributed by atoms with Crippen LogP contribution in [0.1, 0.15) is 41.0 Å². The average molecular weight is 490 g/mol. The van der Waals surface area contributed by atoms with E-state index in [1.165, 1.54) is 4.79 Å². The molecule has 9 heteroatoms. The monoisotopic (exact) mass is 489 g/mol. The summed E-state index contributed by atoms with van der Waals surface area (Å²) in [7, 11) is 0. The average Bonchev–Trinajstić information content (AvgIpc) is 3.29. The zero-order valence-corrected chi connectivity index (χ0v) is 19.0. The van der Waals surface area contributed by atoms with Crippen LogP contribution in [0.5, 0.6) is 0 Å². The lowest BCUT2D eigenvalue weighted by Crippen LogP contribution is -2.17. The number of pyridine rings is 1. The van der Waals surface area contributed by atoms with Crippen molar-refractivity contribution < 1.29 is 4.79 Å². The Balaban J connectivity index is 1.64. The number of hydrogen-bond acceptors (Lipinski definition) is 5. The van der Waals surface area contributed by atoms with Crippen LogP contribution in [0.25, 0.3) is 22.3 Å². The summed E-state index contributed by atoms with van der Waals surface area (Å²) in [5, 5.41) is 7.14. The van der Waals surface area contributed by atoms with Gasteiger partial charge in [-0.25, -0.2) is 4.98 Å². The number of amides is 1. The van der Waals surface area contributed by atoms with Gasteiger partial charge in [0.2, 0.25) is 5.95 Å². The van der Waals surface area contributed by atoms with Crippen molar-refractivity contribution in [3.05, 3.63) is 58.0 Å². The lowest BCUT2D eigenvalue weighted by molar-refractivity contribution is 0.102. The van der Waals surface area contributed by atoms with E-state index in [4.69, 9.17) is 5.84 Å². The second-order valence-corrected chi connectivity index (χ2v) is 8.58. The normalized spacial score (nSPS) is 13.9. The number of nitrogens with two attached hydrogens (primary N) is 1. The fourth-order valence-corrected chi connectivity index (χ4v) is 4.18. The van der Waals surface area contributed by atoms with Crippen molar-refractivity contribution in [2.45, 2.75) is 32.7 Å². The number of carbonyl (C=O) groups excluding carboxylic acids is 1. The Morgan fingerprint density at radius 3 is 2.94 bits per heavy atom. The summed E-state index contributed by atoms with van der Waals surface area (Å²) in [5.41, 5.74) is 4.86. The quantitative estimate of drug-likeness (QED) is 0.288. The lowest BCUT2D eigenvalue weighted by atomic mass is 10.1. The fraction of sp³-hybridized carbons (Fsp3) is 0.217. The minimum atomic E-state index is -0.255. The molecule has 4 heterocycles. The molecule has 1 aromatic carbocycles. The zero-order chi connectivity index (χ0) is 22.2. The Labute approximate surface area is 192 Å². The minimum absolute atomic E-state index is 0.255. The predicted octanol–water partition coefficient (Wildman–Crippen LogP) is 3.87. The van der Waals surface area contributed by atoms with Crippen LogP contribution in [-0.4, -0.2) is 30.3 Å². The van der Waals surface area contributed by atoms with Crippen LogP contribution in [0, 0.1) is 18.8 Å². The van der Waals surface area contributed by atoms with Crippen molar-refractivity contribution in [3.8, 4) is 23.1 Å². The number of aromatic nitrogens is 5. The van der Waals surface area contributed by atoms with Gasteiger partial charge >= 0.3 is 0 Å². The van der Waals surface area contributed by atoms with Crippen molar-refractivity contribution in [3.63, 3.8) is 0 Å². The molecule has 4 aromatic rings. The predicted molar refractivity (Wildman–Crippen MR) is 126 cm³/mol. The van der Waals surface area contributed by atoms with E-state index in [2.05, 4.69) is 48.2 Å². The number of nitrogens with one attached hydrogen (secondary N) is 1. The second kappa shape index (κ2) is 8.13. The first-order valence-corrected chi connectivity index (χ1v) is 11.1. The van der Waals surface area contributed by atoms with Crippen LogP contribution < -0.4 is 11.2 Å². The molecule has 5 rings (SSSR count). The molecule has 0 atom stereocenters. The molecule has 0 fully saturated rings. The standard InChI is InChI=1S/C23H20BrN7O/c1-14-10-15-11-19(27-14)17-13-26-31(25)20(17)6-4-2-3-5-9-30-21-12-16(24)7-8-18(21)28-23(30)29-22(15)32/h7-8,10-13H,2-3,5,9,25H2,1H3,(H,28,29,32). The molecule has 3 N–H and O–H groups in total. The van der Waals surface area contributed by atoms with E-state index < -0.39 is 0 Å². The second-order valence-electron chi connectivity index (χ2n) is 7.67. The molecule has 0 radical (unpaired) electrons. The van der Waals surface area contributed by atoms with Gasteiger partial charge in [0.25, 0.3) is 5.91 Å². The number of fused-ring (bicyclic) bond motifs is 7. The number of hydrogen-bond donors (Lipinski definition) is 2. The van der Waals surface area contributed by atoms with Crippen LogP contribution >= 0.6 is 15.9 Å². The molecule has 32 heavy (non-hydrogen) atoms. The third-order valence-corrected chi connectivity index (χ3v) is 5.86. The third kappa shape index (κ3) is 3.74. The molecule has 8 nitrogen and oxygen atoms in total. The molecule has 0 aliphatic carbocycles. The molecule has 0 unspecified atom stereocenters. The summed E-state index contributed by atoms with van der Waals surface area (Å²) in [4.78, 5) is 23.7. The van der Waals surface area contributed by atoms with E-state index in [1.54, 1.807) is 18.3 Å².